The van der Waals surface area contributed by atoms with E-state index in [1.165, 1.54) is 19.4 Å². The molecular weight excluding hydrogens is 276 g/mol. The Hall–Kier alpha value is -1.00. The normalized spacial score (nSPS) is 20.1. The minimum Gasteiger partial charge on any atom is -0.456 e. The number of rotatable bonds is 5. The van der Waals surface area contributed by atoms with Crippen LogP contribution in [0.25, 0.3) is 0 Å². The molecule has 1 aromatic rings. The predicted molar refractivity (Wildman–Crippen MR) is 80.2 cm³/mol. The van der Waals surface area contributed by atoms with E-state index in [0.717, 1.165) is 24.4 Å². The number of hydrogen-bond acceptors (Lipinski definition) is 3. The van der Waals surface area contributed by atoms with Crippen molar-refractivity contribution < 1.29 is 9.21 Å². The van der Waals surface area contributed by atoms with Crippen LogP contribution in [0.3, 0.4) is 0 Å². The zero-order chi connectivity index (χ0) is 14.5. The lowest BCUT2D eigenvalue weighted by molar-refractivity contribution is 0.0905. The van der Waals surface area contributed by atoms with Gasteiger partial charge in [-0.1, -0.05) is 6.92 Å². The number of furan rings is 1. The van der Waals surface area contributed by atoms with Gasteiger partial charge in [-0.15, -0.1) is 11.6 Å². The minimum atomic E-state index is -0.141. The van der Waals surface area contributed by atoms with Gasteiger partial charge >= 0.3 is 0 Å². The maximum absolute atomic E-state index is 12.1. The lowest BCUT2D eigenvalue weighted by Crippen LogP contribution is -2.40. The molecule has 1 aliphatic heterocycles. The number of amides is 1. The molecule has 20 heavy (non-hydrogen) atoms. The predicted octanol–water partition coefficient (Wildman–Crippen LogP) is 2.79. The number of halogens is 1. The summed E-state index contributed by atoms with van der Waals surface area (Å²) in [5.74, 6) is 1.85. The van der Waals surface area contributed by atoms with Crippen molar-refractivity contribution in [1.82, 2.24) is 10.2 Å². The van der Waals surface area contributed by atoms with E-state index in [0.29, 0.717) is 24.1 Å². The molecule has 0 bridgehead atoms. The zero-order valence-electron chi connectivity index (χ0n) is 12.2. The number of carbonyl (C=O) groups excluding carboxylic acids is 1. The van der Waals surface area contributed by atoms with Crippen molar-refractivity contribution in [3.63, 3.8) is 0 Å². The van der Waals surface area contributed by atoms with Gasteiger partial charge in [0, 0.05) is 18.7 Å². The second-order valence-electron chi connectivity index (χ2n) is 5.44. The van der Waals surface area contributed by atoms with Gasteiger partial charge in [0.05, 0.1) is 5.88 Å². The first-order chi connectivity index (χ1) is 9.63. The van der Waals surface area contributed by atoms with Crippen LogP contribution in [0.1, 0.15) is 41.6 Å². The van der Waals surface area contributed by atoms with Crippen molar-refractivity contribution in [3.05, 3.63) is 23.2 Å². The molecule has 1 atom stereocenters. The Bertz CT molecular complexity index is 459. The summed E-state index contributed by atoms with van der Waals surface area (Å²) in [5.41, 5.74) is 0.881. The highest BCUT2D eigenvalue weighted by Gasteiger charge is 2.20. The molecule has 1 unspecified atom stereocenters. The third kappa shape index (κ3) is 3.76. The molecule has 0 spiro atoms. The van der Waals surface area contributed by atoms with Crippen molar-refractivity contribution in [1.29, 1.82) is 0 Å². The second-order valence-corrected chi connectivity index (χ2v) is 5.70. The number of nitrogens with one attached hydrogen (secondary N) is 1. The largest absolute Gasteiger partial charge is 0.456 e. The molecule has 0 radical (unpaired) electrons. The van der Waals surface area contributed by atoms with E-state index in [1.54, 1.807) is 6.07 Å². The smallest absolute Gasteiger partial charge is 0.287 e. The van der Waals surface area contributed by atoms with E-state index in [4.69, 9.17) is 16.0 Å². The average molecular weight is 299 g/mol. The first-order valence-electron chi connectivity index (χ1n) is 7.29. The summed E-state index contributed by atoms with van der Waals surface area (Å²) in [5, 5.41) is 2.98. The third-order valence-corrected chi connectivity index (χ3v) is 4.28. The van der Waals surface area contributed by atoms with Gasteiger partial charge in [0.1, 0.15) is 5.76 Å². The summed E-state index contributed by atoms with van der Waals surface area (Å²) in [6.07, 6.45) is 2.39. The van der Waals surface area contributed by atoms with Gasteiger partial charge in [-0.05, 0) is 44.8 Å². The van der Waals surface area contributed by atoms with Crippen LogP contribution in [0.4, 0.5) is 0 Å². The summed E-state index contributed by atoms with van der Waals surface area (Å²) in [6, 6.07) is 1.73. The van der Waals surface area contributed by atoms with Gasteiger partial charge in [0.25, 0.3) is 5.91 Å². The number of alkyl halides is 1. The van der Waals surface area contributed by atoms with E-state index in [1.807, 2.05) is 6.92 Å². The fourth-order valence-electron chi connectivity index (χ4n) is 2.69. The summed E-state index contributed by atoms with van der Waals surface area (Å²) in [6.45, 7) is 8.06. The Labute approximate surface area is 125 Å². The monoisotopic (exact) mass is 298 g/mol. The number of nitrogens with zero attached hydrogens (tertiary/aromatic N) is 1. The van der Waals surface area contributed by atoms with Crippen LogP contribution in [0.5, 0.6) is 0 Å². The Morgan fingerprint density at radius 3 is 3.05 bits per heavy atom. The molecule has 0 aliphatic carbocycles. The molecule has 4 nitrogen and oxygen atoms in total. The number of hydrogen-bond donors (Lipinski definition) is 1. The molecule has 1 saturated heterocycles. The summed E-state index contributed by atoms with van der Waals surface area (Å²) < 4.78 is 5.44. The van der Waals surface area contributed by atoms with Gasteiger partial charge in [0.15, 0.2) is 5.76 Å². The van der Waals surface area contributed by atoms with Crippen LogP contribution in [0.2, 0.25) is 0 Å². The second kappa shape index (κ2) is 7.14. The third-order valence-electron chi connectivity index (χ3n) is 3.99. The fourth-order valence-corrected chi connectivity index (χ4v) is 2.96. The van der Waals surface area contributed by atoms with Crippen molar-refractivity contribution in [2.45, 2.75) is 32.6 Å². The average Bonchev–Trinajstić information content (AvgIpc) is 2.86. The van der Waals surface area contributed by atoms with Crippen LogP contribution in [0.15, 0.2) is 10.5 Å². The molecule has 1 aliphatic rings. The van der Waals surface area contributed by atoms with Crippen molar-refractivity contribution in [2.24, 2.45) is 5.92 Å². The highest BCUT2D eigenvalue weighted by molar-refractivity contribution is 6.17. The summed E-state index contributed by atoms with van der Waals surface area (Å²) in [4.78, 5) is 14.5. The Kier molecular flexibility index (Phi) is 5.49. The molecule has 1 fully saturated rings. The molecular formula is C15H23ClN2O2. The lowest BCUT2D eigenvalue weighted by Gasteiger charge is -2.31. The topological polar surface area (TPSA) is 45.5 Å². The fraction of sp³-hybridized carbons (Fsp3) is 0.667. The highest BCUT2D eigenvalue weighted by Crippen LogP contribution is 2.18. The SMILES string of the molecule is CCN1CCCC(CNC(=O)c2cc(CCl)c(C)o2)C1. The molecule has 2 heterocycles. The van der Waals surface area contributed by atoms with Crippen LogP contribution in [-0.4, -0.2) is 37.0 Å². The van der Waals surface area contributed by atoms with Gasteiger partial charge < -0.3 is 14.6 Å². The van der Waals surface area contributed by atoms with E-state index in [-0.39, 0.29) is 5.91 Å². The Morgan fingerprint density at radius 1 is 1.60 bits per heavy atom. The number of piperidine rings is 1. The molecule has 112 valence electrons. The molecule has 1 N–H and O–H groups in total. The lowest BCUT2D eigenvalue weighted by atomic mass is 9.98. The molecule has 1 amide bonds. The maximum atomic E-state index is 12.1. The molecule has 2 rings (SSSR count). The van der Waals surface area contributed by atoms with Gasteiger partial charge in [0.2, 0.25) is 0 Å². The van der Waals surface area contributed by atoms with Crippen LogP contribution >= 0.6 is 11.6 Å². The number of carbonyl (C=O) groups is 1. The van der Waals surface area contributed by atoms with Crippen LogP contribution in [0, 0.1) is 12.8 Å². The standard InChI is InChI=1S/C15H23ClN2O2/c1-3-18-6-4-5-12(10-18)9-17-15(19)14-7-13(8-16)11(2)20-14/h7,12H,3-6,8-10H2,1-2H3,(H,17,19). The molecule has 5 heteroatoms. The summed E-state index contributed by atoms with van der Waals surface area (Å²) >= 11 is 5.78. The van der Waals surface area contributed by atoms with Crippen molar-refractivity contribution in [3.8, 4) is 0 Å². The quantitative estimate of drug-likeness (QED) is 0.850. The number of likely N-dealkylation sites (tertiary alicyclic amines) is 1. The highest BCUT2D eigenvalue weighted by atomic mass is 35.5. The van der Waals surface area contributed by atoms with Crippen molar-refractivity contribution >= 4 is 17.5 Å². The maximum Gasteiger partial charge on any atom is 0.287 e. The number of aryl methyl sites for hydroxylation is 1. The van der Waals surface area contributed by atoms with E-state index < -0.39 is 0 Å². The van der Waals surface area contributed by atoms with Crippen molar-refractivity contribution in [2.75, 3.05) is 26.2 Å². The van der Waals surface area contributed by atoms with Gasteiger partial charge in [-0.25, -0.2) is 0 Å². The van der Waals surface area contributed by atoms with E-state index in [2.05, 4.69) is 17.1 Å². The Morgan fingerprint density at radius 2 is 2.40 bits per heavy atom. The van der Waals surface area contributed by atoms with Crippen LogP contribution < -0.4 is 5.32 Å². The summed E-state index contributed by atoms with van der Waals surface area (Å²) in [7, 11) is 0. The molecule has 1 aromatic heterocycles. The van der Waals surface area contributed by atoms with E-state index in [9.17, 15) is 4.79 Å². The Balaban J connectivity index is 1.85. The first kappa shape index (κ1) is 15.4. The zero-order valence-corrected chi connectivity index (χ0v) is 13.0. The van der Waals surface area contributed by atoms with Gasteiger partial charge in [-0.2, -0.15) is 0 Å². The molecule has 0 saturated carbocycles. The van der Waals surface area contributed by atoms with Crippen LogP contribution in [-0.2, 0) is 5.88 Å². The van der Waals surface area contributed by atoms with Gasteiger partial charge in [-0.3, -0.25) is 4.79 Å². The molecule has 0 aromatic carbocycles. The minimum absolute atomic E-state index is 0.141. The van der Waals surface area contributed by atoms with E-state index >= 15 is 0 Å². The first-order valence-corrected chi connectivity index (χ1v) is 7.83.